The van der Waals surface area contributed by atoms with Crippen LogP contribution in [0.5, 0.6) is 5.75 Å². The molecule has 36 heavy (non-hydrogen) atoms. The van der Waals surface area contributed by atoms with Crippen molar-refractivity contribution >= 4 is 11.9 Å². The van der Waals surface area contributed by atoms with Gasteiger partial charge in [0.05, 0.1) is 11.5 Å². The number of esters is 1. The Kier molecular flexibility index (Phi) is 8.58. The maximum absolute atomic E-state index is 13.2. The van der Waals surface area contributed by atoms with Gasteiger partial charge in [-0.25, -0.2) is 4.79 Å². The van der Waals surface area contributed by atoms with Crippen LogP contribution in [0.1, 0.15) is 85.3 Å². The van der Waals surface area contributed by atoms with E-state index >= 15 is 0 Å². The Bertz CT molecular complexity index is 1200. The maximum Gasteiger partial charge on any atom is 0.344 e. The zero-order valence-corrected chi connectivity index (χ0v) is 21.3. The van der Waals surface area contributed by atoms with Crippen molar-refractivity contribution < 1.29 is 19.4 Å². The van der Waals surface area contributed by atoms with Crippen LogP contribution in [-0.4, -0.2) is 17.0 Å². The van der Waals surface area contributed by atoms with Crippen LogP contribution in [0.4, 0.5) is 0 Å². The van der Waals surface area contributed by atoms with E-state index in [0.717, 1.165) is 22.3 Å². The molecule has 1 N–H and O–H groups in total. The lowest BCUT2D eigenvalue weighted by Gasteiger charge is -2.22. The number of aryl methyl sites for hydroxylation is 1. The predicted octanol–water partition coefficient (Wildman–Crippen LogP) is 7.84. The molecule has 0 radical (unpaired) electrons. The van der Waals surface area contributed by atoms with Crippen molar-refractivity contribution in [1.29, 1.82) is 0 Å². The minimum Gasteiger partial charge on any atom is -0.481 e. The van der Waals surface area contributed by atoms with Gasteiger partial charge < -0.3 is 9.84 Å². The van der Waals surface area contributed by atoms with Crippen LogP contribution in [0.2, 0.25) is 0 Å². The van der Waals surface area contributed by atoms with Crippen LogP contribution in [0, 0.1) is 5.92 Å². The van der Waals surface area contributed by atoms with Gasteiger partial charge in [0, 0.05) is 0 Å². The van der Waals surface area contributed by atoms with Gasteiger partial charge in [0.2, 0.25) is 0 Å². The first-order valence-corrected chi connectivity index (χ1v) is 13.3. The number of ether oxygens (including phenoxy) is 1. The summed E-state index contributed by atoms with van der Waals surface area (Å²) in [6.45, 7) is 4.48. The Hall–Kier alpha value is -3.40. The molecule has 0 aromatic heterocycles. The summed E-state index contributed by atoms with van der Waals surface area (Å²) in [5.74, 6) is -0.397. The number of hydrogen-bond acceptors (Lipinski definition) is 3. The molecule has 4 heteroatoms. The van der Waals surface area contributed by atoms with E-state index in [1.165, 1.54) is 37.7 Å². The van der Waals surface area contributed by atoms with Gasteiger partial charge in [-0.15, -0.1) is 0 Å². The molecule has 188 valence electrons. The van der Waals surface area contributed by atoms with Gasteiger partial charge in [-0.2, -0.15) is 0 Å². The molecular weight excluding hydrogens is 448 g/mol. The Morgan fingerprint density at radius 1 is 0.944 bits per heavy atom. The Morgan fingerprint density at radius 3 is 2.44 bits per heavy atom. The summed E-state index contributed by atoms with van der Waals surface area (Å²) >= 11 is 0. The summed E-state index contributed by atoms with van der Waals surface area (Å²) in [6, 6.07) is 21.8. The van der Waals surface area contributed by atoms with Gasteiger partial charge in [-0.1, -0.05) is 81.6 Å². The first-order chi connectivity index (χ1) is 17.5. The minimum atomic E-state index is -0.748. The molecule has 1 aliphatic rings. The van der Waals surface area contributed by atoms with E-state index in [0.29, 0.717) is 36.5 Å². The molecule has 0 aliphatic heterocycles. The third-order valence-corrected chi connectivity index (χ3v) is 7.35. The third kappa shape index (κ3) is 6.04. The molecule has 2 atom stereocenters. The molecule has 1 aliphatic carbocycles. The Labute approximate surface area is 214 Å². The zero-order valence-electron chi connectivity index (χ0n) is 21.3. The van der Waals surface area contributed by atoms with Gasteiger partial charge in [-0.05, 0) is 84.0 Å². The average molecular weight is 485 g/mol. The Balaban J connectivity index is 1.51. The molecule has 4 rings (SSSR count). The summed E-state index contributed by atoms with van der Waals surface area (Å²) in [5, 5.41) is 9.31. The number of rotatable bonds is 10. The Morgan fingerprint density at radius 2 is 1.72 bits per heavy atom. The van der Waals surface area contributed by atoms with Crippen molar-refractivity contribution in [2.45, 2.75) is 71.1 Å². The summed E-state index contributed by atoms with van der Waals surface area (Å²) in [6.07, 6.45) is 7.84. The first kappa shape index (κ1) is 25.7. The van der Waals surface area contributed by atoms with Gasteiger partial charge in [0.1, 0.15) is 5.75 Å². The quantitative estimate of drug-likeness (QED) is 0.235. The highest BCUT2D eigenvalue weighted by Gasteiger charge is 2.25. The summed E-state index contributed by atoms with van der Waals surface area (Å²) in [7, 11) is 0. The van der Waals surface area contributed by atoms with Crippen molar-refractivity contribution in [1.82, 2.24) is 0 Å². The van der Waals surface area contributed by atoms with Gasteiger partial charge in [-0.3, -0.25) is 4.79 Å². The maximum atomic E-state index is 13.2. The minimum absolute atomic E-state index is 0.340. The monoisotopic (exact) mass is 484 g/mol. The largest absolute Gasteiger partial charge is 0.481 e. The lowest BCUT2D eigenvalue weighted by atomic mass is 9.84. The third-order valence-electron chi connectivity index (χ3n) is 7.35. The van der Waals surface area contributed by atoms with Crippen molar-refractivity contribution in [2.75, 3.05) is 0 Å². The predicted molar refractivity (Wildman–Crippen MR) is 144 cm³/mol. The number of carboxylic acid groups (broad SMARTS) is 1. The molecule has 0 saturated heterocycles. The van der Waals surface area contributed by atoms with Crippen molar-refractivity contribution in [3.63, 3.8) is 0 Å². The molecule has 0 spiro atoms. The SMILES string of the molecule is CCCCC(CCC)c1ccc(-c2ccccc2C(=O)Oc2ccc3c(c2)CCC(C(=O)O)C3)cc1. The number of benzene rings is 3. The lowest BCUT2D eigenvalue weighted by Crippen LogP contribution is -2.22. The van der Waals surface area contributed by atoms with Crippen LogP contribution < -0.4 is 4.74 Å². The van der Waals surface area contributed by atoms with Crippen LogP contribution in [0.25, 0.3) is 11.1 Å². The van der Waals surface area contributed by atoms with Gasteiger partial charge in [0.25, 0.3) is 0 Å². The molecular formula is C32H36O4. The van der Waals surface area contributed by atoms with Gasteiger partial charge in [0.15, 0.2) is 0 Å². The topological polar surface area (TPSA) is 63.6 Å². The highest BCUT2D eigenvalue weighted by Crippen LogP contribution is 2.32. The molecule has 0 fully saturated rings. The van der Waals surface area contributed by atoms with Crippen molar-refractivity contribution in [3.8, 4) is 16.9 Å². The fourth-order valence-electron chi connectivity index (χ4n) is 5.29. The number of carbonyl (C=O) groups excluding carboxylic acids is 1. The van der Waals surface area contributed by atoms with E-state index in [-0.39, 0.29) is 11.9 Å². The fourth-order valence-corrected chi connectivity index (χ4v) is 5.29. The molecule has 0 heterocycles. The van der Waals surface area contributed by atoms with Gasteiger partial charge >= 0.3 is 11.9 Å². The van der Waals surface area contributed by atoms with Crippen LogP contribution >= 0.6 is 0 Å². The van der Waals surface area contributed by atoms with E-state index in [1.54, 1.807) is 6.07 Å². The van der Waals surface area contributed by atoms with Crippen LogP contribution in [0.15, 0.2) is 66.7 Å². The lowest BCUT2D eigenvalue weighted by molar-refractivity contribution is -0.142. The molecule has 0 bridgehead atoms. The number of aliphatic carboxylic acids is 1. The van der Waals surface area contributed by atoms with Crippen LogP contribution in [-0.2, 0) is 17.6 Å². The highest BCUT2D eigenvalue weighted by molar-refractivity contribution is 5.98. The standard InChI is InChI=1S/C32H36O4/c1-3-5-9-22(8-4-2)23-12-14-24(15-13-23)29-10-6-7-11-30(29)32(35)36-28-19-18-25-20-27(31(33)34)17-16-26(25)21-28/h6-7,10-15,18-19,21-22,27H,3-5,8-9,16-17,20H2,1-2H3,(H,33,34). The summed E-state index contributed by atoms with van der Waals surface area (Å²) in [4.78, 5) is 24.5. The molecule has 4 nitrogen and oxygen atoms in total. The number of fused-ring (bicyclic) bond motifs is 1. The molecule has 3 aromatic rings. The summed E-state index contributed by atoms with van der Waals surface area (Å²) in [5.41, 5.74) is 5.85. The second-order valence-electron chi connectivity index (χ2n) is 9.89. The number of hydrogen-bond donors (Lipinski definition) is 1. The molecule has 0 amide bonds. The van der Waals surface area contributed by atoms with E-state index in [4.69, 9.17) is 4.74 Å². The van der Waals surface area contributed by atoms with Crippen molar-refractivity contribution in [2.24, 2.45) is 5.92 Å². The second kappa shape index (κ2) is 12.0. The van der Waals surface area contributed by atoms with E-state index in [2.05, 4.69) is 38.1 Å². The smallest absolute Gasteiger partial charge is 0.344 e. The molecule has 0 saturated carbocycles. The zero-order chi connectivity index (χ0) is 25.5. The van der Waals surface area contributed by atoms with Crippen LogP contribution in [0.3, 0.4) is 0 Å². The average Bonchev–Trinajstić information content (AvgIpc) is 2.90. The molecule has 2 unspecified atom stereocenters. The second-order valence-corrected chi connectivity index (χ2v) is 9.89. The normalized spacial score (nSPS) is 15.7. The highest BCUT2D eigenvalue weighted by atomic mass is 16.5. The van der Waals surface area contributed by atoms with E-state index in [1.807, 2.05) is 36.4 Å². The van der Waals surface area contributed by atoms with E-state index in [9.17, 15) is 14.7 Å². The number of carboxylic acids is 1. The first-order valence-electron chi connectivity index (χ1n) is 13.3. The number of carbonyl (C=O) groups is 2. The van der Waals surface area contributed by atoms with E-state index < -0.39 is 5.97 Å². The number of unbranched alkanes of at least 4 members (excludes halogenated alkanes) is 1. The van der Waals surface area contributed by atoms with Crippen molar-refractivity contribution in [3.05, 3.63) is 89.0 Å². The molecule has 3 aromatic carbocycles. The fraction of sp³-hybridized carbons (Fsp3) is 0.375. The summed E-state index contributed by atoms with van der Waals surface area (Å²) < 4.78 is 5.79.